The van der Waals surface area contributed by atoms with Crippen molar-refractivity contribution in [2.24, 2.45) is 0 Å². The van der Waals surface area contributed by atoms with E-state index < -0.39 is 0 Å². The van der Waals surface area contributed by atoms with Crippen LogP contribution in [0.25, 0.3) is 11.4 Å². The summed E-state index contributed by atoms with van der Waals surface area (Å²) in [5.74, 6) is -0.0131. The molecular formula is C31H41BrN2O2S2. The number of nitrogens with zero attached hydrogens (tertiary/aromatic N) is 2. The minimum absolute atomic E-state index is 0.00655. The summed E-state index contributed by atoms with van der Waals surface area (Å²) in [6, 6.07) is 8.23. The van der Waals surface area contributed by atoms with Crippen molar-refractivity contribution in [3.63, 3.8) is 0 Å². The summed E-state index contributed by atoms with van der Waals surface area (Å²) in [5.41, 5.74) is 2.88. The number of hydrogen-bond acceptors (Lipinski definition) is 4. The Morgan fingerprint density at radius 1 is 0.632 bits per heavy atom. The maximum absolute atomic E-state index is 14.1. The van der Waals surface area contributed by atoms with Gasteiger partial charge in [-0.25, -0.2) is 0 Å². The van der Waals surface area contributed by atoms with Crippen molar-refractivity contribution in [1.29, 1.82) is 0 Å². The summed E-state index contributed by atoms with van der Waals surface area (Å²) in [6.45, 7) is 7.86. The Balaban J connectivity index is 1.66. The van der Waals surface area contributed by atoms with E-state index in [1.807, 2.05) is 21.9 Å². The summed E-state index contributed by atoms with van der Waals surface area (Å²) in [7, 11) is 0. The van der Waals surface area contributed by atoms with Gasteiger partial charge in [-0.2, -0.15) is 0 Å². The molecule has 4 nitrogen and oxygen atoms in total. The van der Waals surface area contributed by atoms with E-state index in [0.29, 0.717) is 24.2 Å². The minimum Gasteiger partial charge on any atom is -0.306 e. The molecule has 0 N–H and O–H groups in total. The van der Waals surface area contributed by atoms with E-state index in [2.05, 4.69) is 48.8 Å². The van der Waals surface area contributed by atoms with Crippen molar-refractivity contribution in [3.05, 3.63) is 53.8 Å². The summed E-state index contributed by atoms with van der Waals surface area (Å²) in [4.78, 5) is 35.3. The van der Waals surface area contributed by atoms with Gasteiger partial charge in [-0.3, -0.25) is 9.59 Å². The lowest BCUT2D eigenvalue weighted by Gasteiger charge is -2.24. The summed E-state index contributed by atoms with van der Waals surface area (Å²) >= 11 is 6.87. The fourth-order valence-corrected chi connectivity index (χ4v) is 7.81. The Kier molecular flexibility index (Phi) is 10.9. The normalized spacial score (nSPS) is 15.6. The van der Waals surface area contributed by atoms with Crippen LogP contribution in [-0.2, 0) is 9.59 Å². The topological polar surface area (TPSA) is 40.6 Å². The van der Waals surface area contributed by atoms with Crippen LogP contribution in [0.1, 0.15) is 106 Å². The van der Waals surface area contributed by atoms with E-state index >= 15 is 0 Å². The van der Waals surface area contributed by atoms with Gasteiger partial charge in [-0.05, 0) is 60.0 Å². The van der Waals surface area contributed by atoms with Gasteiger partial charge in [0.15, 0.2) is 0 Å². The fraction of sp³-hybridized carbons (Fsp3) is 0.548. The maximum atomic E-state index is 14.1. The lowest BCUT2D eigenvalue weighted by molar-refractivity contribution is -0.124. The van der Waals surface area contributed by atoms with E-state index in [1.54, 1.807) is 22.7 Å². The number of aryl methyl sites for hydroxylation is 1. The average molecular weight is 618 g/mol. The van der Waals surface area contributed by atoms with Gasteiger partial charge in [-0.15, -0.1) is 22.7 Å². The van der Waals surface area contributed by atoms with Crippen molar-refractivity contribution in [2.45, 2.75) is 97.8 Å². The van der Waals surface area contributed by atoms with Crippen LogP contribution in [0.15, 0.2) is 39.2 Å². The Morgan fingerprint density at radius 3 is 1.50 bits per heavy atom. The Labute approximate surface area is 244 Å². The van der Waals surface area contributed by atoms with Crippen molar-refractivity contribution < 1.29 is 9.59 Å². The van der Waals surface area contributed by atoms with Crippen LogP contribution in [-0.4, -0.2) is 34.7 Å². The fourth-order valence-electron chi connectivity index (χ4n) is 5.44. The number of thiophene rings is 2. The molecule has 0 spiro atoms. The number of unbranched alkanes of at least 4 members (excludes halogenated alkanes) is 10. The Hall–Kier alpha value is -1.70. The molecule has 7 heteroatoms. The zero-order valence-electron chi connectivity index (χ0n) is 23.1. The second-order valence-electron chi connectivity index (χ2n) is 10.4. The summed E-state index contributed by atoms with van der Waals surface area (Å²) in [6.07, 6.45) is 14.0. The lowest BCUT2D eigenvalue weighted by Crippen LogP contribution is -2.30. The first-order valence-electron chi connectivity index (χ1n) is 14.4. The van der Waals surface area contributed by atoms with Crippen LogP contribution >= 0.6 is 38.6 Å². The molecule has 206 valence electrons. The van der Waals surface area contributed by atoms with E-state index in [0.717, 1.165) is 50.6 Å². The third kappa shape index (κ3) is 6.53. The third-order valence-corrected chi connectivity index (χ3v) is 10.1. The van der Waals surface area contributed by atoms with Gasteiger partial charge >= 0.3 is 0 Å². The SMILES string of the molecule is CCCCCCCCN1C(=O)C2=C(c3ccc(Br)s3)N(CCCCCCCC)C(=O)C2=C1c1ccc(C)s1. The van der Waals surface area contributed by atoms with Crippen LogP contribution in [0.4, 0.5) is 0 Å². The third-order valence-electron chi connectivity index (χ3n) is 7.43. The highest BCUT2D eigenvalue weighted by molar-refractivity contribution is 9.11. The molecule has 0 saturated heterocycles. The van der Waals surface area contributed by atoms with Crippen molar-refractivity contribution in [3.8, 4) is 0 Å². The predicted molar refractivity (Wildman–Crippen MR) is 165 cm³/mol. The van der Waals surface area contributed by atoms with Gasteiger partial charge in [0.1, 0.15) is 0 Å². The predicted octanol–water partition coefficient (Wildman–Crippen LogP) is 9.41. The largest absolute Gasteiger partial charge is 0.306 e. The molecule has 0 radical (unpaired) electrons. The molecule has 4 heterocycles. The molecule has 2 aliphatic rings. The summed E-state index contributed by atoms with van der Waals surface area (Å²) in [5, 5.41) is 0. The van der Waals surface area contributed by atoms with Crippen LogP contribution in [0.5, 0.6) is 0 Å². The van der Waals surface area contributed by atoms with E-state index in [-0.39, 0.29) is 11.8 Å². The highest BCUT2D eigenvalue weighted by Gasteiger charge is 2.49. The van der Waals surface area contributed by atoms with Crippen molar-refractivity contribution in [2.75, 3.05) is 13.1 Å². The summed E-state index contributed by atoms with van der Waals surface area (Å²) < 4.78 is 1.01. The van der Waals surface area contributed by atoms with Crippen LogP contribution in [0.2, 0.25) is 0 Å². The van der Waals surface area contributed by atoms with Gasteiger partial charge in [0.05, 0.1) is 36.1 Å². The first-order valence-corrected chi connectivity index (χ1v) is 16.9. The first kappa shape index (κ1) is 29.3. The molecule has 0 bridgehead atoms. The molecule has 38 heavy (non-hydrogen) atoms. The number of fused-ring (bicyclic) bond motifs is 1. The zero-order chi connectivity index (χ0) is 27.1. The Bertz CT molecular complexity index is 1100. The quantitative estimate of drug-likeness (QED) is 0.176. The molecule has 2 aromatic rings. The standard InChI is InChI=1S/C31H41BrN2O2S2/c1-4-6-8-10-12-14-20-33-28(23-17-16-22(3)37-23)26-27(31(33)36)29(24-18-19-25(32)38-24)34(30(26)35)21-15-13-11-9-7-5-2/h16-19H,4-15,20-21H2,1-3H3. The molecule has 0 unspecified atom stereocenters. The van der Waals surface area contributed by atoms with E-state index in [1.165, 1.54) is 56.2 Å². The molecular weight excluding hydrogens is 576 g/mol. The highest BCUT2D eigenvalue weighted by atomic mass is 79.9. The second-order valence-corrected chi connectivity index (χ2v) is 14.2. The molecule has 4 rings (SSSR count). The van der Waals surface area contributed by atoms with E-state index in [9.17, 15) is 9.59 Å². The Morgan fingerprint density at radius 2 is 1.08 bits per heavy atom. The molecule has 0 fully saturated rings. The lowest BCUT2D eigenvalue weighted by atomic mass is 10.1. The molecule has 2 aromatic heterocycles. The van der Waals surface area contributed by atoms with Gasteiger partial charge in [0.25, 0.3) is 11.8 Å². The van der Waals surface area contributed by atoms with Crippen molar-refractivity contribution >= 4 is 61.8 Å². The van der Waals surface area contributed by atoms with Gasteiger partial charge < -0.3 is 9.80 Å². The molecule has 2 amide bonds. The second kappa shape index (κ2) is 14.1. The zero-order valence-corrected chi connectivity index (χ0v) is 26.3. The number of hydrogen-bond donors (Lipinski definition) is 0. The van der Waals surface area contributed by atoms with E-state index in [4.69, 9.17) is 0 Å². The smallest absolute Gasteiger partial charge is 0.261 e. The monoisotopic (exact) mass is 616 g/mol. The van der Waals surface area contributed by atoms with Gasteiger partial charge in [-0.1, -0.05) is 78.1 Å². The van der Waals surface area contributed by atoms with Crippen molar-refractivity contribution in [1.82, 2.24) is 9.80 Å². The van der Waals surface area contributed by atoms with Crippen LogP contribution in [0.3, 0.4) is 0 Å². The van der Waals surface area contributed by atoms with Gasteiger partial charge in [0, 0.05) is 18.0 Å². The minimum atomic E-state index is -0.00655. The molecule has 2 aliphatic heterocycles. The maximum Gasteiger partial charge on any atom is 0.261 e. The number of halogens is 1. The highest BCUT2D eigenvalue weighted by Crippen LogP contribution is 2.49. The molecule has 0 saturated carbocycles. The number of carbonyl (C=O) groups excluding carboxylic acids is 2. The molecule has 0 aliphatic carbocycles. The van der Waals surface area contributed by atoms with Crippen LogP contribution < -0.4 is 0 Å². The molecule has 0 atom stereocenters. The van der Waals surface area contributed by atoms with Gasteiger partial charge in [0.2, 0.25) is 0 Å². The number of carbonyl (C=O) groups is 2. The average Bonchev–Trinajstić information content (AvgIpc) is 3.65. The molecule has 0 aromatic carbocycles. The first-order chi connectivity index (χ1) is 18.5. The number of rotatable bonds is 16. The number of amides is 2. The van der Waals surface area contributed by atoms with Crippen LogP contribution in [0, 0.1) is 6.92 Å².